The fraction of sp³-hybridized carbons (Fsp3) is 0.231. The van der Waals surface area contributed by atoms with Crippen molar-refractivity contribution in [2.75, 3.05) is 0 Å². The van der Waals surface area contributed by atoms with Gasteiger partial charge in [-0.15, -0.1) is 0 Å². The van der Waals surface area contributed by atoms with E-state index < -0.39 is 0 Å². The first-order chi connectivity index (χ1) is 15.5. The van der Waals surface area contributed by atoms with Crippen LogP contribution in [0.5, 0.6) is 11.7 Å². The Morgan fingerprint density at radius 3 is 2.69 bits per heavy atom. The Morgan fingerprint density at radius 1 is 1.12 bits per heavy atom. The van der Waals surface area contributed by atoms with Gasteiger partial charge in [-0.1, -0.05) is 32.0 Å². The molecule has 3 heterocycles. The SMILES string of the molecule is Cc1ccc(C(C)C)cc1Oc1ccc(C(=O)N(Cc2cccnc2)Cc2ccsc2)o1. The van der Waals surface area contributed by atoms with Gasteiger partial charge in [-0.3, -0.25) is 9.78 Å². The van der Waals surface area contributed by atoms with E-state index in [0.717, 1.165) is 22.4 Å². The van der Waals surface area contributed by atoms with Crippen LogP contribution < -0.4 is 4.74 Å². The monoisotopic (exact) mass is 446 g/mol. The predicted octanol–water partition coefficient (Wildman–Crippen LogP) is 6.80. The van der Waals surface area contributed by atoms with Gasteiger partial charge in [-0.25, -0.2) is 0 Å². The highest BCUT2D eigenvalue weighted by Gasteiger charge is 2.21. The van der Waals surface area contributed by atoms with Gasteiger partial charge in [-0.05, 0) is 70.1 Å². The summed E-state index contributed by atoms with van der Waals surface area (Å²) in [4.78, 5) is 19.2. The Balaban J connectivity index is 1.54. The number of nitrogens with zero attached hydrogens (tertiary/aromatic N) is 2. The van der Waals surface area contributed by atoms with Gasteiger partial charge >= 0.3 is 0 Å². The molecular formula is C26H26N2O3S. The molecule has 0 unspecified atom stereocenters. The summed E-state index contributed by atoms with van der Waals surface area (Å²) in [5, 5.41) is 4.05. The molecule has 0 radical (unpaired) electrons. The summed E-state index contributed by atoms with van der Waals surface area (Å²) in [6.45, 7) is 7.20. The zero-order valence-corrected chi connectivity index (χ0v) is 19.3. The highest BCUT2D eigenvalue weighted by molar-refractivity contribution is 7.07. The van der Waals surface area contributed by atoms with E-state index in [-0.39, 0.29) is 11.7 Å². The zero-order chi connectivity index (χ0) is 22.5. The van der Waals surface area contributed by atoms with Crippen molar-refractivity contribution in [2.45, 2.75) is 39.8 Å². The van der Waals surface area contributed by atoms with Gasteiger partial charge in [0.1, 0.15) is 5.75 Å². The van der Waals surface area contributed by atoms with E-state index in [0.29, 0.717) is 25.0 Å². The minimum atomic E-state index is -0.192. The highest BCUT2D eigenvalue weighted by atomic mass is 32.1. The fourth-order valence-electron chi connectivity index (χ4n) is 3.35. The molecular weight excluding hydrogens is 420 g/mol. The number of rotatable bonds is 8. The molecule has 3 aromatic heterocycles. The zero-order valence-electron chi connectivity index (χ0n) is 18.4. The molecule has 0 spiro atoms. The van der Waals surface area contributed by atoms with E-state index in [4.69, 9.17) is 9.15 Å². The molecule has 5 nitrogen and oxygen atoms in total. The first-order valence-electron chi connectivity index (χ1n) is 10.6. The Hall–Kier alpha value is -3.38. The Kier molecular flexibility index (Phi) is 6.71. The van der Waals surface area contributed by atoms with Crippen molar-refractivity contribution in [1.82, 2.24) is 9.88 Å². The third-order valence-corrected chi connectivity index (χ3v) is 5.95. The summed E-state index contributed by atoms with van der Waals surface area (Å²) in [6.07, 6.45) is 3.50. The van der Waals surface area contributed by atoms with Crippen LogP contribution in [0.25, 0.3) is 0 Å². The van der Waals surface area contributed by atoms with E-state index in [1.807, 2.05) is 48.0 Å². The van der Waals surface area contributed by atoms with Crippen molar-refractivity contribution in [3.63, 3.8) is 0 Å². The summed E-state index contributed by atoms with van der Waals surface area (Å²) in [5.41, 5.74) is 4.23. The predicted molar refractivity (Wildman–Crippen MR) is 126 cm³/mol. The van der Waals surface area contributed by atoms with Crippen LogP contribution in [0.15, 0.2) is 76.1 Å². The van der Waals surface area contributed by atoms with Crippen LogP contribution in [0.2, 0.25) is 0 Å². The van der Waals surface area contributed by atoms with Crippen LogP contribution in [0.1, 0.15) is 52.6 Å². The molecule has 0 aliphatic rings. The standard InChI is InChI=1S/C26H26N2O3S/c1-18(2)22-7-6-19(3)24(13-22)31-25-9-8-23(30-25)26(29)28(16-21-10-12-32-17-21)15-20-5-4-11-27-14-20/h4-14,17-18H,15-16H2,1-3H3. The number of ether oxygens (including phenoxy) is 1. The maximum atomic E-state index is 13.3. The summed E-state index contributed by atoms with van der Waals surface area (Å²) < 4.78 is 11.8. The number of carbonyl (C=O) groups excluding carboxylic acids is 1. The molecule has 4 rings (SSSR count). The van der Waals surface area contributed by atoms with Crippen LogP contribution in [0.3, 0.4) is 0 Å². The van der Waals surface area contributed by atoms with Crippen molar-refractivity contribution in [3.05, 3.63) is 99.7 Å². The molecule has 0 aliphatic carbocycles. The number of thiophene rings is 1. The molecule has 164 valence electrons. The molecule has 0 N–H and O–H groups in total. The van der Waals surface area contributed by atoms with Crippen LogP contribution in [-0.4, -0.2) is 15.8 Å². The molecule has 0 aliphatic heterocycles. The number of hydrogen-bond donors (Lipinski definition) is 0. The van der Waals surface area contributed by atoms with Crippen LogP contribution >= 0.6 is 11.3 Å². The van der Waals surface area contributed by atoms with Gasteiger partial charge < -0.3 is 14.1 Å². The van der Waals surface area contributed by atoms with Gasteiger partial charge in [0.25, 0.3) is 11.9 Å². The van der Waals surface area contributed by atoms with Gasteiger partial charge in [0.15, 0.2) is 5.76 Å². The lowest BCUT2D eigenvalue weighted by atomic mass is 10.0. The number of aryl methyl sites for hydroxylation is 1. The maximum absolute atomic E-state index is 13.3. The number of furan rings is 1. The largest absolute Gasteiger partial charge is 0.426 e. The van der Waals surface area contributed by atoms with Gasteiger partial charge in [-0.2, -0.15) is 11.3 Å². The lowest BCUT2D eigenvalue weighted by Crippen LogP contribution is -2.29. The number of carbonyl (C=O) groups is 1. The average molecular weight is 447 g/mol. The topological polar surface area (TPSA) is 55.6 Å². The summed E-state index contributed by atoms with van der Waals surface area (Å²) >= 11 is 1.61. The van der Waals surface area contributed by atoms with Crippen molar-refractivity contribution >= 4 is 17.2 Å². The van der Waals surface area contributed by atoms with Crippen molar-refractivity contribution in [2.24, 2.45) is 0 Å². The lowest BCUT2D eigenvalue weighted by molar-refractivity contribution is 0.0692. The van der Waals surface area contributed by atoms with Crippen LogP contribution in [-0.2, 0) is 13.1 Å². The third-order valence-electron chi connectivity index (χ3n) is 5.22. The normalized spacial score (nSPS) is 11.0. The Labute approximate surface area is 192 Å². The van der Waals surface area contributed by atoms with E-state index >= 15 is 0 Å². The highest BCUT2D eigenvalue weighted by Crippen LogP contribution is 2.30. The molecule has 0 saturated heterocycles. The molecule has 6 heteroatoms. The molecule has 4 aromatic rings. The number of amides is 1. The minimum absolute atomic E-state index is 0.192. The second-order valence-corrected chi connectivity index (χ2v) is 8.83. The van der Waals surface area contributed by atoms with E-state index in [1.54, 1.807) is 40.8 Å². The van der Waals surface area contributed by atoms with E-state index in [9.17, 15) is 4.79 Å². The average Bonchev–Trinajstić information content (AvgIpc) is 3.47. The van der Waals surface area contributed by atoms with Crippen molar-refractivity contribution < 1.29 is 13.9 Å². The molecule has 0 bridgehead atoms. The summed E-state index contributed by atoms with van der Waals surface area (Å²) in [6, 6.07) is 15.4. The van der Waals surface area contributed by atoms with Gasteiger partial charge in [0.05, 0.1) is 0 Å². The molecule has 1 aromatic carbocycles. The van der Waals surface area contributed by atoms with E-state index in [2.05, 4.69) is 24.9 Å². The smallest absolute Gasteiger partial charge is 0.290 e. The quantitative estimate of drug-likeness (QED) is 0.299. The summed E-state index contributed by atoms with van der Waals surface area (Å²) in [7, 11) is 0. The lowest BCUT2D eigenvalue weighted by Gasteiger charge is -2.21. The maximum Gasteiger partial charge on any atom is 0.290 e. The van der Waals surface area contributed by atoms with Crippen molar-refractivity contribution in [1.29, 1.82) is 0 Å². The van der Waals surface area contributed by atoms with Crippen LogP contribution in [0.4, 0.5) is 0 Å². The first kappa shape index (κ1) is 21.8. The molecule has 1 amide bonds. The van der Waals surface area contributed by atoms with Gasteiger partial charge in [0, 0.05) is 31.5 Å². The number of pyridine rings is 1. The minimum Gasteiger partial charge on any atom is -0.426 e. The number of benzene rings is 1. The third kappa shape index (κ3) is 5.26. The molecule has 0 fully saturated rings. The Bertz CT molecular complexity index is 1170. The Morgan fingerprint density at radius 2 is 1.97 bits per heavy atom. The first-order valence-corrected chi connectivity index (χ1v) is 11.5. The molecule has 0 atom stereocenters. The second-order valence-electron chi connectivity index (χ2n) is 8.05. The molecule has 0 saturated carbocycles. The van der Waals surface area contributed by atoms with Crippen LogP contribution in [0, 0.1) is 6.92 Å². The van der Waals surface area contributed by atoms with Gasteiger partial charge in [0.2, 0.25) is 0 Å². The van der Waals surface area contributed by atoms with Crippen molar-refractivity contribution in [3.8, 4) is 11.7 Å². The summed E-state index contributed by atoms with van der Waals surface area (Å²) in [5.74, 6) is 1.48. The van der Waals surface area contributed by atoms with E-state index in [1.165, 1.54) is 5.56 Å². The number of aromatic nitrogens is 1. The molecule has 32 heavy (non-hydrogen) atoms. The number of hydrogen-bond acceptors (Lipinski definition) is 5. The second kappa shape index (κ2) is 9.83. The fourth-order valence-corrected chi connectivity index (χ4v) is 4.01.